The first-order valence-corrected chi connectivity index (χ1v) is 5.45. The van der Waals surface area contributed by atoms with Gasteiger partial charge < -0.3 is 4.52 Å². The number of hydrogen-bond acceptors (Lipinski definition) is 3. The lowest BCUT2D eigenvalue weighted by Gasteiger charge is -2.08. The van der Waals surface area contributed by atoms with E-state index in [0.29, 0.717) is 0 Å². The highest BCUT2D eigenvalue weighted by Crippen LogP contribution is 2.39. The minimum atomic E-state index is -4.64. The van der Waals surface area contributed by atoms with Crippen LogP contribution in [0.5, 0.6) is 5.75 Å². The second-order valence-electron chi connectivity index (χ2n) is 2.38. The molecule has 0 spiro atoms. The number of phosphoric ester groups is 1. The standard InChI is InChI=1S/C7H7O5PS/c8-7(14)5-3-1-2-4-6(5)12-13(9,10)11/h1-4H,(H,8,14)(H2,9,10,11). The predicted molar refractivity (Wildman–Crippen MR) is 52.4 cm³/mol. The fourth-order valence-corrected chi connectivity index (χ4v) is 1.45. The number of benzene rings is 1. The molecule has 0 aromatic heterocycles. The molecule has 1 aromatic rings. The van der Waals surface area contributed by atoms with Crippen molar-refractivity contribution in [2.24, 2.45) is 0 Å². The zero-order valence-electron chi connectivity index (χ0n) is 6.82. The minimum Gasteiger partial charge on any atom is -0.403 e. The maximum atomic E-state index is 10.9. The molecule has 0 atom stereocenters. The number of carbonyl (C=O) groups is 1. The summed E-state index contributed by atoms with van der Waals surface area (Å²) in [7, 11) is -4.64. The van der Waals surface area contributed by atoms with Crippen LogP contribution in [0.25, 0.3) is 0 Å². The Bertz CT molecular complexity index is 399. The Morgan fingerprint density at radius 2 is 1.93 bits per heavy atom. The van der Waals surface area contributed by atoms with Crippen LogP contribution in [0.2, 0.25) is 0 Å². The van der Waals surface area contributed by atoms with Crippen LogP contribution >= 0.6 is 20.5 Å². The molecule has 0 fully saturated rings. The van der Waals surface area contributed by atoms with E-state index in [4.69, 9.17) is 9.79 Å². The van der Waals surface area contributed by atoms with Crippen LogP contribution in [0.4, 0.5) is 0 Å². The van der Waals surface area contributed by atoms with Crippen LogP contribution in [0, 0.1) is 0 Å². The molecule has 0 saturated heterocycles. The zero-order valence-corrected chi connectivity index (χ0v) is 8.61. The van der Waals surface area contributed by atoms with Crippen molar-refractivity contribution in [3.63, 3.8) is 0 Å². The maximum absolute atomic E-state index is 10.9. The number of thiol groups is 1. The van der Waals surface area contributed by atoms with Gasteiger partial charge in [-0.15, -0.1) is 12.6 Å². The van der Waals surface area contributed by atoms with Crippen LogP contribution < -0.4 is 4.52 Å². The molecule has 0 unspecified atom stereocenters. The molecule has 14 heavy (non-hydrogen) atoms. The van der Waals surface area contributed by atoms with Gasteiger partial charge in [-0.1, -0.05) is 12.1 Å². The molecular weight excluding hydrogens is 227 g/mol. The van der Waals surface area contributed by atoms with Crippen molar-refractivity contribution in [2.75, 3.05) is 0 Å². The molecule has 0 heterocycles. The van der Waals surface area contributed by atoms with Gasteiger partial charge in [0.1, 0.15) is 5.75 Å². The molecule has 0 aliphatic heterocycles. The highest BCUT2D eigenvalue weighted by Gasteiger charge is 2.19. The van der Waals surface area contributed by atoms with Gasteiger partial charge in [0.15, 0.2) is 0 Å². The number of hydrogen-bond donors (Lipinski definition) is 3. The highest BCUT2D eigenvalue weighted by atomic mass is 32.1. The summed E-state index contributed by atoms with van der Waals surface area (Å²) in [5, 5.41) is -0.617. The summed E-state index contributed by atoms with van der Waals surface area (Å²) >= 11 is 3.54. The van der Waals surface area contributed by atoms with E-state index in [1.807, 2.05) is 0 Å². The first-order chi connectivity index (χ1) is 6.40. The van der Waals surface area contributed by atoms with Crippen LogP contribution in [0.15, 0.2) is 24.3 Å². The van der Waals surface area contributed by atoms with Gasteiger partial charge in [-0.25, -0.2) is 4.57 Å². The average molecular weight is 234 g/mol. The molecule has 76 valence electrons. The molecule has 0 radical (unpaired) electrons. The van der Waals surface area contributed by atoms with Crippen molar-refractivity contribution in [1.82, 2.24) is 0 Å². The van der Waals surface area contributed by atoms with Gasteiger partial charge in [0.05, 0.1) is 5.56 Å². The summed E-state index contributed by atoms with van der Waals surface area (Å²) in [6.45, 7) is 0. The summed E-state index contributed by atoms with van der Waals surface area (Å²) in [6.07, 6.45) is 0. The Kier molecular flexibility index (Phi) is 3.34. The van der Waals surface area contributed by atoms with E-state index < -0.39 is 12.9 Å². The Balaban J connectivity index is 3.08. The van der Waals surface area contributed by atoms with E-state index in [-0.39, 0.29) is 11.3 Å². The third-order valence-electron chi connectivity index (χ3n) is 1.33. The van der Waals surface area contributed by atoms with E-state index in [2.05, 4.69) is 17.2 Å². The molecule has 0 bridgehead atoms. The molecule has 2 N–H and O–H groups in total. The van der Waals surface area contributed by atoms with Crippen LogP contribution in [-0.2, 0) is 4.57 Å². The smallest absolute Gasteiger partial charge is 0.403 e. The summed E-state index contributed by atoms with van der Waals surface area (Å²) < 4.78 is 14.8. The lowest BCUT2D eigenvalue weighted by atomic mass is 10.2. The molecule has 0 saturated carbocycles. The SMILES string of the molecule is O=C(S)c1ccccc1OP(=O)(O)O. The molecule has 0 aliphatic rings. The Labute approximate surface area is 85.4 Å². The average Bonchev–Trinajstić information content (AvgIpc) is 2.01. The second-order valence-corrected chi connectivity index (χ2v) is 3.95. The van der Waals surface area contributed by atoms with Crippen LogP contribution in [0.1, 0.15) is 10.4 Å². The van der Waals surface area contributed by atoms with Crippen molar-refractivity contribution >= 4 is 25.6 Å². The molecule has 0 aliphatic carbocycles. The number of para-hydroxylation sites is 1. The predicted octanol–water partition coefficient (Wildman–Crippen LogP) is 1.23. The van der Waals surface area contributed by atoms with Gasteiger partial charge >= 0.3 is 7.82 Å². The lowest BCUT2D eigenvalue weighted by Crippen LogP contribution is -1.97. The largest absolute Gasteiger partial charge is 0.524 e. The molecule has 1 aromatic carbocycles. The zero-order chi connectivity index (χ0) is 10.8. The van der Waals surface area contributed by atoms with E-state index in [0.717, 1.165) is 0 Å². The monoisotopic (exact) mass is 234 g/mol. The Morgan fingerprint density at radius 1 is 1.36 bits per heavy atom. The Morgan fingerprint density at radius 3 is 2.43 bits per heavy atom. The molecule has 5 nitrogen and oxygen atoms in total. The lowest BCUT2D eigenvalue weighted by molar-refractivity contribution is 0.108. The molecule has 1 rings (SSSR count). The fourth-order valence-electron chi connectivity index (χ4n) is 0.851. The summed E-state index contributed by atoms with van der Waals surface area (Å²) in [6, 6.07) is 5.67. The van der Waals surface area contributed by atoms with E-state index in [1.54, 1.807) is 0 Å². The number of phosphoric acid groups is 1. The van der Waals surface area contributed by atoms with Gasteiger partial charge in [0.2, 0.25) is 5.12 Å². The molecule has 0 amide bonds. The van der Waals surface area contributed by atoms with Crippen molar-refractivity contribution in [1.29, 1.82) is 0 Å². The van der Waals surface area contributed by atoms with E-state index >= 15 is 0 Å². The topological polar surface area (TPSA) is 83.8 Å². The van der Waals surface area contributed by atoms with Gasteiger partial charge in [0.25, 0.3) is 0 Å². The second kappa shape index (κ2) is 4.14. The normalized spacial score (nSPS) is 11.1. The summed E-state index contributed by atoms with van der Waals surface area (Å²) in [5.41, 5.74) is 0.0131. The minimum absolute atomic E-state index is 0.0131. The first kappa shape index (κ1) is 11.3. The third-order valence-corrected chi connectivity index (χ3v) is 2.01. The fraction of sp³-hybridized carbons (Fsp3) is 0. The van der Waals surface area contributed by atoms with Crippen LogP contribution in [0.3, 0.4) is 0 Å². The number of carbonyl (C=O) groups excluding carboxylic acids is 1. The van der Waals surface area contributed by atoms with Gasteiger partial charge in [-0.2, -0.15) is 0 Å². The van der Waals surface area contributed by atoms with E-state index in [1.165, 1.54) is 24.3 Å². The third kappa shape index (κ3) is 3.16. The van der Waals surface area contributed by atoms with Crippen molar-refractivity contribution in [3.05, 3.63) is 29.8 Å². The molecular formula is C7H7O5PS. The first-order valence-electron chi connectivity index (χ1n) is 3.47. The van der Waals surface area contributed by atoms with Gasteiger partial charge in [-0.3, -0.25) is 14.6 Å². The van der Waals surface area contributed by atoms with Gasteiger partial charge in [-0.05, 0) is 12.1 Å². The van der Waals surface area contributed by atoms with Crippen molar-refractivity contribution in [2.45, 2.75) is 0 Å². The van der Waals surface area contributed by atoms with E-state index in [9.17, 15) is 9.36 Å². The highest BCUT2D eigenvalue weighted by molar-refractivity contribution is 7.97. The summed E-state index contributed by atoms with van der Waals surface area (Å²) in [5.74, 6) is -0.180. The molecule has 7 heteroatoms. The van der Waals surface area contributed by atoms with Crippen LogP contribution in [-0.4, -0.2) is 14.9 Å². The van der Waals surface area contributed by atoms with Gasteiger partial charge in [0, 0.05) is 0 Å². The quantitative estimate of drug-likeness (QED) is 0.541. The van der Waals surface area contributed by atoms with Crippen molar-refractivity contribution in [3.8, 4) is 5.75 Å². The number of rotatable bonds is 3. The maximum Gasteiger partial charge on any atom is 0.524 e. The summed E-state index contributed by atoms with van der Waals surface area (Å²) in [4.78, 5) is 27.9. The Hall–Kier alpha value is -0.810. The van der Waals surface area contributed by atoms with Crippen molar-refractivity contribution < 1.29 is 23.7 Å².